The summed E-state index contributed by atoms with van der Waals surface area (Å²) in [6.45, 7) is 0. The Labute approximate surface area is 123 Å². The predicted molar refractivity (Wildman–Crippen MR) is 80.6 cm³/mol. The molecule has 0 aliphatic carbocycles. The van der Waals surface area contributed by atoms with Crippen LogP contribution in [-0.2, 0) is 11.2 Å². The van der Waals surface area contributed by atoms with Gasteiger partial charge in [-0.2, -0.15) is 0 Å². The summed E-state index contributed by atoms with van der Waals surface area (Å²) in [4.78, 5) is 15.8. The van der Waals surface area contributed by atoms with Gasteiger partial charge in [-0.15, -0.1) is 0 Å². The van der Waals surface area contributed by atoms with E-state index in [0.29, 0.717) is 17.3 Å². The van der Waals surface area contributed by atoms with Crippen molar-refractivity contribution in [1.29, 1.82) is 0 Å². The van der Waals surface area contributed by atoms with Crippen molar-refractivity contribution in [2.75, 3.05) is 5.32 Å². The molecule has 1 aromatic heterocycles. The Hall–Kier alpha value is -1.91. The standard InChI is InChI=1S/C15H16ClN3O/c16-14-9-7-12(10-18-14)19-15(20)13(17)8-6-11-4-2-1-3-5-11/h1-5,7,9-10,13H,6,8,17H2,(H,19,20)/t13-/m0/s1. The van der Waals surface area contributed by atoms with Crippen LogP contribution < -0.4 is 11.1 Å². The van der Waals surface area contributed by atoms with Gasteiger partial charge >= 0.3 is 0 Å². The lowest BCUT2D eigenvalue weighted by Crippen LogP contribution is -2.36. The minimum absolute atomic E-state index is 0.218. The third-order valence-electron chi connectivity index (χ3n) is 2.92. The number of halogens is 1. The maximum Gasteiger partial charge on any atom is 0.241 e. The van der Waals surface area contributed by atoms with E-state index in [1.807, 2.05) is 30.3 Å². The predicted octanol–water partition coefficient (Wildman–Crippen LogP) is 2.63. The highest BCUT2D eigenvalue weighted by Gasteiger charge is 2.13. The molecular weight excluding hydrogens is 274 g/mol. The third-order valence-corrected chi connectivity index (χ3v) is 3.14. The summed E-state index contributed by atoms with van der Waals surface area (Å²) < 4.78 is 0. The van der Waals surface area contributed by atoms with Crippen LogP contribution in [0.5, 0.6) is 0 Å². The topological polar surface area (TPSA) is 68.0 Å². The van der Waals surface area contributed by atoms with Crippen LogP contribution in [0.25, 0.3) is 0 Å². The first-order chi connectivity index (χ1) is 9.65. The van der Waals surface area contributed by atoms with Crippen molar-refractivity contribution in [2.24, 2.45) is 5.73 Å². The lowest BCUT2D eigenvalue weighted by Gasteiger charge is -2.12. The molecule has 5 heteroatoms. The second-order valence-electron chi connectivity index (χ2n) is 4.49. The number of pyridine rings is 1. The van der Waals surface area contributed by atoms with Gasteiger partial charge in [0, 0.05) is 0 Å². The van der Waals surface area contributed by atoms with Gasteiger partial charge in [-0.1, -0.05) is 41.9 Å². The van der Waals surface area contributed by atoms with Crippen LogP contribution >= 0.6 is 11.6 Å². The lowest BCUT2D eigenvalue weighted by atomic mass is 10.1. The smallest absolute Gasteiger partial charge is 0.241 e. The zero-order chi connectivity index (χ0) is 14.4. The molecule has 0 radical (unpaired) electrons. The fourth-order valence-corrected chi connectivity index (χ4v) is 1.89. The van der Waals surface area contributed by atoms with Gasteiger partial charge in [-0.25, -0.2) is 4.98 Å². The van der Waals surface area contributed by atoms with Crippen molar-refractivity contribution in [3.05, 3.63) is 59.4 Å². The van der Waals surface area contributed by atoms with Gasteiger partial charge in [-0.3, -0.25) is 4.79 Å². The summed E-state index contributed by atoms with van der Waals surface area (Å²) in [6, 6.07) is 12.7. The van der Waals surface area contributed by atoms with Gasteiger partial charge in [0.15, 0.2) is 0 Å². The van der Waals surface area contributed by atoms with Gasteiger partial charge in [-0.05, 0) is 30.5 Å². The summed E-state index contributed by atoms with van der Waals surface area (Å²) in [7, 11) is 0. The quantitative estimate of drug-likeness (QED) is 0.832. The molecule has 1 heterocycles. The number of benzene rings is 1. The number of aromatic nitrogens is 1. The monoisotopic (exact) mass is 289 g/mol. The molecule has 0 aliphatic rings. The fraction of sp³-hybridized carbons (Fsp3) is 0.200. The summed E-state index contributed by atoms with van der Waals surface area (Å²) in [5.41, 5.74) is 7.65. The Morgan fingerprint density at radius 1 is 1.25 bits per heavy atom. The highest BCUT2D eigenvalue weighted by molar-refractivity contribution is 6.29. The van der Waals surface area contributed by atoms with Crippen LogP contribution in [0.2, 0.25) is 5.15 Å². The Morgan fingerprint density at radius 2 is 2.00 bits per heavy atom. The van der Waals surface area contributed by atoms with E-state index in [1.54, 1.807) is 12.1 Å². The van der Waals surface area contributed by atoms with E-state index in [-0.39, 0.29) is 5.91 Å². The van der Waals surface area contributed by atoms with Crippen LogP contribution in [0, 0.1) is 0 Å². The maximum atomic E-state index is 11.9. The van der Waals surface area contributed by atoms with E-state index < -0.39 is 6.04 Å². The Balaban J connectivity index is 1.84. The molecule has 0 saturated heterocycles. The van der Waals surface area contributed by atoms with Crippen LogP contribution in [0.15, 0.2) is 48.7 Å². The number of nitrogens with zero attached hydrogens (tertiary/aromatic N) is 1. The largest absolute Gasteiger partial charge is 0.323 e. The lowest BCUT2D eigenvalue weighted by molar-refractivity contribution is -0.117. The molecule has 1 amide bonds. The summed E-state index contributed by atoms with van der Waals surface area (Å²) in [5.74, 6) is -0.218. The zero-order valence-electron chi connectivity index (χ0n) is 10.9. The molecule has 0 bridgehead atoms. The first-order valence-electron chi connectivity index (χ1n) is 6.37. The van der Waals surface area contributed by atoms with Crippen LogP contribution in [0.1, 0.15) is 12.0 Å². The SMILES string of the molecule is N[C@@H](CCc1ccccc1)C(=O)Nc1ccc(Cl)nc1. The molecule has 1 atom stereocenters. The molecule has 0 spiro atoms. The van der Waals surface area contributed by atoms with E-state index in [2.05, 4.69) is 10.3 Å². The summed E-state index contributed by atoms with van der Waals surface area (Å²) in [5, 5.41) is 3.11. The van der Waals surface area contributed by atoms with E-state index >= 15 is 0 Å². The Morgan fingerprint density at radius 3 is 2.65 bits per heavy atom. The minimum Gasteiger partial charge on any atom is -0.323 e. The number of carbonyl (C=O) groups excluding carboxylic acids is 1. The second-order valence-corrected chi connectivity index (χ2v) is 4.88. The highest BCUT2D eigenvalue weighted by atomic mass is 35.5. The van der Waals surface area contributed by atoms with Gasteiger partial charge < -0.3 is 11.1 Å². The molecule has 104 valence electrons. The van der Waals surface area contributed by atoms with Gasteiger partial charge in [0.2, 0.25) is 5.91 Å². The highest BCUT2D eigenvalue weighted by Crippen LogP contribution is 2.11. The number of anilines is 1. The van der Waals surface area contributed by atoms with Crippen LogP contribution in [-0.4, -0.2) is 16.9 Å². The van der Waals surface area contributed by atoms with Gasteiger partial charge in [0.05, 0.1) is 17.9 Å². The first kappa shape index (κ1) is 14.5. The molecular formula is C15H16ClN3O. The Bertz CT molecular complexity index is 557. The second kappa shape index (κ2) is 7.03. The minimum atomic E-state index is -0.550. The number of aryl methyl sites for hydroxylation is 1. The number of amides is 1. The zero-order valence-corrected chi connectivity index (χ0v) is 11.7. The first-order valence-corrected chi connectivity index (χ1v) is 6.75. The number of carbonyl (C=O) groups is 1. The summed E-state index contributed by atoms with van der Waals surface area (Å²) >= 11 is 5.68. The molecule has 4 nitrogen and oxygen atoms in total. The average molecular weight is 290 g/mol. The summed E-state index contributed by atoms with van der Waals surface area (Å²) in [6.07, 6.45) is 2.87. The van der Waals surface area contributed by atoms with E-state index in [0.717, 1.165) is 6.42 Å². The Kier molecular flexibility index (Phi) is 5.09. The van der Waals surface area contributed by atoms with Crippen molar-refractivity contribution < 1.29 is 4.79 Å². The molecule has 0 saturated carbocycles. The van der Waals surface area contributed by atoms with Crippen molar-refractivity contribution >= 4 is 23.2 Å². The third kappa shape index (κ3) is 4.33. The molecule has 0 aliphatic heterocycles. The number of rotatable bonds is 5. The van der Waals surface area contributed by atoms with Crippen LogP contribution in [0.4, 0.5) is 5.69 Å². The average Bonchev–Trinajstić information content (AvgIpc) is 2.48. The van der Waals surface area contributed by atoms with E-state index in [1.165, 1.54) is 11.8 Å². The van der Waals surface area contributed by atoms with Gasteiger partial charge in [0.25, 0.3) is 0 Å². The van der Waals surface area contributed by atoms with E-state index in [4.69, 9.17) is 17.3 Å². The normalized spacial score (nSPS) is 11.9. The molecule has 20 heavy (non-hydrogen) atoms. The fourth-order valence-electron chi connectivity index (χ4n) is 1.78. The molecule has 0 fully saturated rings. The maximum absolute atomic E-state index is 11.9. The molecule has 2 rings (SSSR count). The molecule has 1 aromatic carbocycles. The van der Waals surface area contributed by atoms with Crippen molar-refractivity contribution in [3.63, 3.8) is 0 Å². The number of nitrogens with two attached hydrogens (primary N) is 1. The molecule has 3 N–H and O–H groups in total. The number of hydrogen-bond donors (Lipinski definition) is 2. The molecule has 0 unspecified atom stereocenters. The van der Waals surface area contributed by atoms with Crippen molar-refractivity contribution in [2.45, 2.75) is 18.9 Å². The number of hydrogen-bond acceptors (Lipinski definition) is 3. The molecule has 2 aromatic rings. The van der Waals surface area contributed by atoms with Gasteiger partial charge in [0.1, 0.15) is 5.15 Å². The van der Waals surface area contributed by atoms with E-state index in [9.17, 15) is 4.79 Å². The number of nitrogens with one attached hydrogen (secondary N) is 1. The van der Waals surface area contributed by atoms with Crippen molar-refractivity contribution in [1.82, 2.24) is 4.98 Å². The van der Waals surface area contributed by atoms with Crippen LogP contribution in [0.3, 0.4) is 0 Å². The van der Waals surface area contributed by atoms with Crippen molar-refractivity contribution in [3.8, 4) is 0 Å².